The van der Waals surface area contributed by atoms with Gasteiger partial charge in [0.2, 0.25) is 11.8 Å². The molecular weight excluding hydrogens is 332 g/mol. The molecule has 0 atom stereocenters. The lowest BCUT2D eigenvalue weighted by Crippen LogP contribution is -2.47. The van der Waals surface area contributed by atoms with Gasteiger partial charge in [0.15, 0.2) is 11.5 Å². The van der Waals surface area contributed by atoms with E-state index in [0.717, 1.165) is 24.1 Å². The van der Waals surface area contributed by atoms with Crippen LogP contribution in [0.2, 0.25) is 0 Å². The summed E-state index contributed by atoms with van der Waals surface area (Å²) in [6, 6.07) is 3.87. The van der Waals surface area contributed by atoms with Gasteiger partial charge < -0.3 is 19.7 Å². The first-order valence-corrected chi connectivity index (χ1v) is 9.49. The lowest BCUT2D eigenvalue weighted by Gasteiger charge is -2.37. The Morgan fingerprint density at radius 1 is 1.19 bits per heavy atom. The molecule has 0 radical (unpaired) electrons. The van der Waals surface area contributed by atoms with Crippen LogP contribution in [0.4, 0.5) is 5.69 Å². The zero-order valence-corrected chi connectivity index (χ0v) is 15.5. The molecule has 1 N–H and O–H groups in total. The van der Waals surface area contributed by atoms with Crippen molar-refractivity contribution in [1.29, 1.82) is 0 Å². The van der Waals surface area contributed by atoms with Crippen molar-refractivity contribution in [2.24, 2.45) is 0 Å². The van der Waals surface area contributed by atoms with Crippen molar-refractivity contribution < 1.29 is 19.1 Å². The Labute approximate surface area is 153 Å². The van der Waals surface area contributed by atoms with Crippen molar-refractivity contribution >= 4 is 17.5 Å². The van der Waals surface area contributed by atoms with E-state index in [-0.39, 0.29) is 17.9 Å². The number of fused-ring (bicyclic) bond motifs is 2. The largest absolute Gasteiger partial charge is 0.493 e. The number of piperidine rings is 1. The second kappa shape index (κ2) is 6.49. The average molecular weight is 358 g/mol. The summed E-state index contributed by atoms with van der Waals surface area (Å²) in [5.74, 6) is 1.48. The van der Waals surface area contributed by atoms with E-state index in [1.54, 1.807) is 14.0 Å². The zero-order valence-electron chi connectivity index (χ0n) is 15.5. The van der Waals surface area contributed by atoms with Crippen molar-refractivity contribution in [1.82, 2.24) is 4.90 Å². The molecule has 1 aromatic rings. The molecule has 1 aliphatic carbocycles. The van der Waals surface area contributed by atoms with E-state index < -0.39 is 5.41 Å². The fraction of sp³-hybridized carbons (Fsp3) is 0.600. The number of benzene rings is 1. The van der Waals surface area contributed by atoms with E-state index in [1.165, 1.54) is 12.8 Å². The Bertz CT molecular complexity index is 732. The SMILES string of the molecule is COc1cc2c(cc1OC1CCCC1)NC(=O)C21CCN(C(C)=O)CC1. The summed E-state index contributed by atoms with van der Waals surface area (Å²) >= 11 is 0. The fourth-order valence-corrected chi connectivity index (χ4v) is 4.56. The van der Waals surface area contributed by atoms with Crippen molar-refractivity contribution in [2.75, 3.05) is 25.5 Å². The minimum absolute atomic E-state index is 0.0239. The minimum atomic E-state index is -0.569. The average Bonchev–Trinajstić information content (AvgIpc) is 3.22. The van der Waals surface area contributed by atoms with Crippen LogP contribution in [0.3, 0.4) is 0 Å². The molecule has 2 aliphatic heterocycles. The highest BCUT2D eigenvalue weighted by Crippen LogP contribution is 2.49. The predicted octanol–water partition coefficient (Wildman–Crippen LogP) is 2.85. The van der Waals surface area contributed by atoms with Crippen LogP contribution in [0.5, 0.6) is 11.5 Å². The molecule has 6 heteroatoms. The molecule has 2 amide bonds. The molecule has 1 saturated heterocycles. The molecular formula is C20H26N2O4. The number of ether oxygens (including phenoxy) is 2. The van der Waals surface area contributed by atoms with Crippen LogP contribution in [0.15, 0.2) is 12.1 Å². The molecule has 26 heavy (non-hydrogen) atoms. The van der Waals surface area contributed by atoms with Crippen LogP contribution in [0.25, 0.3) is 0 Å². The van der Waals surface area contributed by atoms with Crippen LogP contribution < -0.4 is 14.8 Å². The molecule has 1 spiro atoms. The summed E-state index contributed by atoms with van der Waals surface area (Å²) in [7, 11) is 1.64. The predicted molar refractivity (Wildman–Crippen MR) is 97.7 cm³/mol. The number of carbonyl (C=O) groups excluding carboxylic acids is 2. The van der Waals surface area contributed by atoms with Gasteiger partial charge in [-0.25, -0.2) is 0 Å². The molecule has 140 valence electrons. The fourth-order valence-electron chi connectivity index (χ4n) is 4.56. The van der Waals surface area contributed by atoms with Gasteiger partial charge in [0.1, 0.15) is 0 Å². The Balaban J connectivity index is 1.64. The molecule has 4 rings (SSSR count). The van der Waals surface area contributed by atoms with E-state index in [9.17, 15) is 9.59 Å². The number of methoxy groups -OCH3 is 1. The first-order chi connectivity index (χ1) is 12.5. The Morgan fingerprint density at radius 3 is 2.50 bits per heavy atom. The maximum atomic E-state index is 12.8. The topological polar surface area (TPSA) is 67.9 Å². The molecule has 2 heterocycles. The van der Waals surface area contributed by atoms with Crippen molar-refractivity contribution in [3.8, 4) is 11.5 Å². The molecule has 1 saturated carbocycles. The van der Waals surface area contributed by atoms with Crippen molar-refractivity contribution in [3.05, 3.63) is 17.7 Å². The first kappa shape index (κ1) is 17.2. The van der Waals surface area contributed by atoms with Gasteiger partial charge in [-0.05, 0) is 50.2 Å². The first-order valence-electron chi connectivity index (χ1n) is 9.49. The van der Waals surface area contributed by atoms with E-state index in [0.29, 0.717) is 37.4 Å². The number of likely N-dealkylation sites (tertiary alicyclic amines) is 1. The molecule has 0 bridgehead atoms. The standard InChI is InChI=1S/C20H26N2O4/c1-13(23)22-9-7-20(8-10-22)15-11-17(25-2)18(12-16(15)21-19(20)24)26-14-5-3-4-6-14/h11-12,14H,3-10H2,1-2H3,(H,21,24). The van der Waals surface area contributed by atoms with Gasteiger partial charge in [0.05, 0.1) is 18.6 Å². The maximum absolute atomic E-state index is 12.8. The van der Waals surface area contributed by atoms with Crippen LogP contribution >= 0.6 is 0 Å². The Morgan fingerprint density at radius 2 is 1.88 bits per heavy atom. The highest BCUT2D eigenvalue weighted by molar-refractivity contribution is 6.07. The number of carbonyl (C=O) groups is 2. The van der Waals surface area contributed by atoms with Gasteiger partial charge in [0.25, 0.3) is 0 Å². The van der Waals surface area contributed by atoms with E-state index in [1.807, 2.05) is 17.0 Å². The van der Waals surface area contributed by atoms with Crippen LogP contribution in [0, 0.1) is 0 Å². The van der Waals surface area contributed by atoms with Crippen molar-refractivity contribution in [3.63, 3.8) is 0 Å². The number of nitrogens with zero attached hydrogens (tertiary/aromatic N) is 1. The van der Waals surface area contributed by atoms with Gasteiger partial charge in [-0.1, -0.05) is 0 Å². The van der Waals surface area contributed by atoms with Crippen molar-refractivity contribution in [2.45, 2.75) is 57.0 Å². The van der Waals surface area contributed by atoms with Gasteiger partial charge in [-0.3, -0.25) is 9.59 Å². The molecule has 3 aliphatic rings. The maximum Gasteiger partial charge on any atom is 0.235 e. The number of hydrogen-bond acceptors (Lipinski definition) is 4. The second-order valence-corrected chi connectivity index (χ2v) is 7.62. The quantitative estimate of drug-likeness (QED) is 0.902. The van der Waals surface area contributed by atoms with Gasteiger partial charge in [0, 0.05) is 31.8 Å². The van der Waals surface area contributed by atoms with E-state index in [4.69, 9.17) is 9.47 Å². The summed E-state index contributed by atoms with van der Waals surface area (Å²) in [5, 5.41) is 3.04. The summed E-state index contributed by atoms with van der Waals surface area (Å²) in [4.78, 5) is 26.3. The number of nitrogens with one attached hydrogen (secondary N) is 1. The van der Waals surface area contributed by atoms with Gasteiger partial charge in [-0.2, -0.15) is 0 Å². The third kappa shape index (κ3) is 2.72. The summed E-state index contributed by atoms with van der Waals surface area (Å²) < 4.78 is 11.7. The normalized spacial score (nSPS) is 21.6. The summed E-state index contributed by atoms with van der Waals surface area (Å²) in [5.41, 5.74) is 1.22. The second-order valence-electron chi connectivity index (χ2n) is 7.62. The molecule has 1 aromatic carbocycles. The smallest absolute Gasteiger partial charge is 0.235 e. The number of anilines is 1. The van der Waals surface area contributed by atoms with Gasteiger partial charge >= 0.3 is 0 Å². The molecule has 0 aromatic heterocycles. The lowest BCUT2D eigenvalue weighted by atomic mass is 9.73. The monoisotopic (exact) mass is 358 g/mol. The van der Waals surface area contributed by atoms with Gasteiger partial charge in [-0.15, -0.1) is 0 Å². The summed E-state index contributed by atoms with van der Waals surface area (Å²) in [6.45, 7) is 2.78. The third-order valence-electron chi connectivity index (χ3n) is 6.16. The minimum Gasteiger partial charge on any atom is -0.493 e. The Hall–Kier alpha value is -2.24. The third-order valence-corrected chi connectivity index (χ3v) is 6.16. The van der Waals surface area contributed by atoms with E-state index >= 15 is 0 Å². The summed E-state index contributed by atoms with van der Waals surface area (Å²) in [6.07, 6.45) is 6.03. The molecule has 0 unspecified atom stereocenters. The highest BCUT2D eigenvalue weighted by atomic mass is 16.5. The number of amides is 2. The lowest BCUT2D eigenvalue weighted by molar-refractivity contribution is -0.133. The van der Waals surface area contributed by atoms with Crippen LogP contribution in [0.1, 0.15) is 51.0 Å². The van der Waals surface area contributed by atoms with Crippen LogP contribution in [-0.4, -0.2) is 43.0 Å². The highest BCUT2D eigenvalue weighted by Gasteiger charge is 2.49. The number of rotatable bonds is 3. The molecule has 6 nitrogen and oxygen atoms in total. The number of hydrogen-bond donors (Lipinski definition) is 1. The zero-order chi connectivity index (χ0) is 18.3. The van der Waals surface area contributed by atoms with Crippen LogP contribution in [-0.2, 0) is 15.0 Å². The Kier molecular flexibility index (Phi) is 4.29. The molecule has 2 fully saturated rings. The van der Waals surface area contributed by atoms with E-state index in [2.05, 4.69) is 5.32 Å².